The quantitative estimate of drug-likeness (QED) is 0.0396. The van der Waals surface area contributed by atoms with Gasteiger partial charge in [0.05, 0.1) is 11.4 Å². The Labute approximate surface area is 291 Å². The number of benzene rings is 4. The second-order valence-corrected chi connectivity index (χ2v) is 15.5. The number of aromatic nitrogens is 3. The molecule has 4 aromatic carbocycles. The van der Waals surface area contributed by atoms with Gasteiger partial charge in [-0.05, 0) is 61.5 Å². The van der Waals surface area contributed by atoms with Crippen molar-refractivity contribution in [2.45, 2.75) is 37.1 Å². The van der Waals surface area contributed by atoms with Gasteiger partial charge < -0.3 is 28.6 Å². The van der Waals surface area contributed by atoms with Crippen molar-refractivity contribution in [3.05, 3.63) is 90.8 Å². The molecule has 0 atom stereocenters. The molecule has 5 rings (SSSR count). The van der Waals surface area contributed by atoms with Gasteiger partial charge in [-0.2, -0.15) is 28.5 Å². The molecule has 0 saturated carbocycles. The van der Waals surface area contributed by atoms with E-state index in [4.69, 9.17) is 28.2 Å². The average Bonchev–Trinajstić information content (AvgIpc) is 3.12. The predicted octanol–water partition coefficient (Wildman–Crippen LogP) is 7.49. The van der Waals surface area contributed by atoms with Gasteiger partial charge >= 0.3 is 8.80 Å². The van der Waals surface area contributed by atoms with E-state index in [2.05, 4.69) is 15.5 Å². The molecule has 0 unspecified atom stereocenters. The highest BCUT2D eigenvalue weighted by Crippen LogP contribution is 2.44. The van der Waals surface area contributed by atoms with Gasteiger partial charge in [0, 0.05) is 51.4 Å². The van der Waals surface area contributed by atoms with E-state index >= 15 is 0 Å². The Morgan fingerprint density at radius 3 is 2.18 bits per heavy atom. The topological polar surface area (TPSA) is 181 Å². The maximum Gasteiger partial charge on any atom is 0.500 e. The van der Waals surface area contributed by atoms with Crippen LogP contribution < -0.4 is 10.2 Å². The van der Waals surface area contributed by atoms with Crippen LogP contribution in [-0.2, 0) is 29.8 Å². The molecule has 0 bridgehead atoms. The van der Waals surface area contributed by atoms with Gasteiger partial charge in [0.1, 0.15) is 16.4 Å². The number of unbranched alkanes of at least 4 members (excludes halogenated alkanes) is 1. The van der Waals surface area contributed by atoms with E-state index in [1.165, 1.54) is 6.07 Å². The number of azo groups is 1. The van der Waals surface area contributed by atoms with Crippen LogP contribution in [0, 0.1) is 0 Å². The highest BCUT2D eigenvalue weighted by Gasteiger charge is 2.36. The van der Waals surface area contributed by atoms with E-state index in [1.54, 1.807) is 69.9 Å². The first-order valence-electron chi connectivity index (χ1n) is 15.8. The first kappa shape index (κ1) is 36.4. The molecule has 0 radical (unpaired) electrons. The maximum atomic E-state index is 12.4. The number of phenolic OH excluding ortho intramolecular Hbond substituents is 1. The monoisotopic (exact) mass is 717 g/mol. The molecular formula is C34H39N7O7SSi. The van der Waals surface area contributed by atoms with E-state index in [9.17, 15) is 18.1 Å². The second-order valence-electron chi connectivity index (χ2n) is 11.1. The van der Waals surface area contributed by atoms with E-state index in [-0.39, 0.29) is 11.3 Å². The standard InChI is InChI=1S/C34H39N7O7SSi/c1-5-41(26-18-10-7-11-19-26)34-37-29(21-12-13-22-50(46-2,47-3)48-4)36-33(38-34)35-27-20-14-15-24-23-28(49(43,44)45)31(32(42)30(24)27)40-39-25-16-8-6-9-17-25/h6-11,14-20,23,42H,5,12-13,21-22H2,1-4H3,(H,43,44,45)(H,35,36,37,38). The number of hydrogen-bond acceptors (Lipinski definition) is 13. The lowest BCUT2D eigenvalue weighted by atomic mass is 10.1. The molecule has 0 fully saturated rings. The number of phenols is 1. The Morgan fingerprint density at radius 1 is 0.860 bits per heavy atom. The first-order chi connectivity index (χ1) is 24.1. The molecule has 16 heteroatoms. The van der Waals surface area contributed by atoms with Gasteiger partial charge in [0.25, 0.3) is 10.1 Å². The minimum absolute atomic E-state index is 0.201. The molecule has 0 spiro atoms. The lowest BCUT2D eigenvalue weighted by Crippen LogP contribution is -2.42. The number of aryl methyl sites for hydroxylation is 1. The average molecular weight is 718 g/mol. The third-order valence-electron chi connectivity index (χ3n) is 7.99. The Bertz CT molecular complexity index is 2040. The number of aromatic hydroxyl groups is 1. The van der Waals surface area contributed by atoms with Crippen LogP contribution in [0.4, 0.5) is 34.6 Å². The summed E-state index contributed by atoms with van der Waals surface area (Å²) in [5.74, 6) is 0.638. The van der Waals surface area contributed by atoms with Crippen molar-refractivity contribution < 1.29 is 31.4 Å². The van der Waals surface area contributed by atoms with Crippen LogP contribution in [0.15, 0.2) is 100 Å². The summed E-state index contributed by atoms with van der Waals surface area (Å²) in [7, 11) is -2.78. The Morgan fingerprint density at radius 2 is 1.54 bits per heavy atom. The minimum atomic E-state index is -4.79. The Balaban J connectivity index is 1.56. The normalized spacial score (nSPS) is 12.1. The predicted molar refractivity (Wildman–Crippen MR) is 193 cm³/mol. The largest absolute Gasteiger partial charge is 0.505 e. The lowest BCUT2D eigenvalue weighted by molar-refractivity contribution is 0.123. The maximum absolute atomic E-state index is 12.4. The van der Waals surface area contributed by atoms with Gasteiger partial charge in [-0.25, -0.2) is 0 Å². The van der Waals surface area contributed by atoms with Crippen LogP contribution in [0.25, 0.3) is 10.8 Å². The zero-order chi connectivity index (χ0) is 35.7. The fourth-order valence-electron chi connectivity index (χ4n) is 5.44. The van der Waals surface area contributed by atoms with Crippen molar-refractivity contribution in [2.24, 2.45) is 10.2 Å². The van der Waals surface area contributed by atoms with Crippen LogP contribution in [0.3, 0.4) is 0 Å². The summed E-state index contributed by atoms with van der Waals surface area (Å²) < 4.78 is 51.6. The molecule has 262 valence electrons. The highest BCUT2D eigenvalue weighted by molar-refractivity contribution is 7.86. The van der Waals surface area contributed by atoms with Gasteiger partial charge in [-0.1, -0.05) is 48.5 Å². The van der Waals surface area contributed by atoms with Gasteiger partial charge in [0.15, 0.2) is 5.75 Å². The Kier molecular flexibility index (Phi) is 11.8. The van der Waals surface area contributed by atoms with Crippen molar-refractivity contribution in [1.29, 1.82) is 0 Å². The second kappa shape index (κ2) is 16.2. The number of nitrogens with one attached hydrogen (secondary N) is 1. The molecule has 0 aliphatic carbocycles. The molecule has 0 saturated heterocycles. The summed E-state index contributed by atoms with van der Waals surface area (Å²) in [6, 6.07) is 25.1. The van der Waals surface area contributed by atoms with Crippen molar-refractivity contribution in [2.75, 3.05) is 38.1 Å². The SMILES string of the molecule is CCN(c1ccccc1)c1nc(CCCC[Si](OC)(OC)OC)nc(Nc2cccc3cc(S(=O)(=O)O)c(N=Nc4ccccc4)c(O)c23)n1. The van der Waals surface area contributed by atoms with Gasteiger partial charge in [0.2, 0.25) is 11.9 Å². The fraction of sp³-hybridized carbons (Fsp3) is 0.265. The molecule has 0 amide bonds. The summed E-state index contributed by atoms with van der Waals surface area (Å²) in [4.78, 5) is 15.7. The molecule has 1 heterocycles. The summed E-state index contributed by atoms with van der Waals surface area (Å²) in [5, 5.41) is 23.4. The Hall–Kier alpha value is -4.84. The summed E-state index contributed by atoms with van der Waals surface area (Å²) in [6.45, 7) is 2.56. The molecule has 3 N–H and O–H groups in total. The fourth-order valence-corrected chi connectivity index (χ4v) is 7.90. The third kappa shape index (κ3) is 8.47. The molecule has 0 aliphatic heterocycles. The first-order valence-corrected chi connectivity index (χ1v) is 19.2. The molecule has 5 aromatic rings. The van der Waals surface area contributed by atoms with E-state index in [0.717, 1.165) is 12.1 Å². The molecular weight excluding hydrogens is 679 g/mol. The lowest BCUT2D eigenvalue weighted by Gasteiger charge is -2.24. The number of hydrogen-bond donors (Lipinski definition) is 3. The molecule has 0 aliphatic rings. The van der Waals surface area contributed by atoms with Crippen molar-refractivity contribution in [3.63, 3.8) is 0 Å². The number of para-hydroxylation sites is 1. The van der Waals surface area contributed by atoms with E-state index < -0.39 is 35.3 Å². The zero-order valence-electron chi connectivity index (χ0n) is 28.1. The van der Waals surface area contributed by atoms with Crippen molar-refractivity contribution >= 4 is 64.3 Å². The zero-order valence-corrected chi connectivity index (χ0v) is 30.0. The summed E-state index contributed by atoms with van der Waals surface area (Å²) >= 11 is 0. The van der Waals surface area contributed by atoms with E-state index in [1.807, 2.05) is 42.2 Å². The van der Waals surface area contributed by atoms with Gasteiger partial charge in [-0.3, -0.25) is 4.55 Å². The molecule has 14 nitrogen and oxygen atoms in total. The highest BCUT2D eigenvalue weighted by atomic mass is 32.2. The minimum Gasteiger partial charge on any atom is -0.505 e. The van der Waals surface area contributed by atoms with Crippen LogP contribution in [0.5, 0.6) is 5.75 Å². The van der Waals surface area contributed by atoms with Crippen molar-refractivity contribution in [1.82, 2.24) is 15.0 Å². The molecule has 1 aromatic heterocycles. The van der Waals surface area contributed by atoms with Crippen molar-refractivity contribution in [3.8, 4) is 5.75 Å². The third-order valence-corrected chi connectivity index (χ3v) is 11.7. The van der Waals surface area contributed by atoms with Crippen LogP contribution in [-0.4, -0.2) is 69.7 Å². The van der Waals surface area contributed by atoms with Gasteiger partial charge in [-0.15, -0.1) is 5.11 Å². The number of nitrogens with zero attached hydrogens (tertiary/aromatic N) is 6. The number of fused-ring (bicyclic) bond motifs is 1. The summed E-state index contributed by atoms with van der Waals surface area (Å²) in [5.41, 5.74) is 1.26. The van der Waals surface area contributed by atoms with Crippen LogP contribution >= 0.6 is 0 Å². The van der Waals surface area contributed by atoms with E-state index in [0.29, 0.717) is 54.0 Å². The molecule has 50 heavy (non-hydrogen) atoms. The van der Waals surface area contributed by atoms with Crippen LogP contribution in [0.2, 0.25) is 6.04 Å². The number of rotatable bonds is 16. The smallest absolute Gasteiger partial charge is 0.500 e. The number of anilines is 4. The summed E-state index contributed by atoms with van der Waals surface area (Å²) in [6.07, 6.45) is 1.98. The van der Waals surface area contributed by atoms with Crippen LogP contribution in [0.1, 0.15) is 25.6 Å².